The molecular formula is C10H17N3O. The van der Waals surface area contributed by atoms with Crippen molar-refractivity contribution < 1.29 is 5.21 Å². The summed E-state index contributed by atoms with van der Waals surface area (Å²) in [4.78, 5) is 0. The van der Waals surface area contributed by atoms with E-state index in [0.29, 0.717) is 18.8 Å². The monoisotopic (exact) mass is 195 g/mol. The fraction of sp³-hybridized carbons (Fsp3) is 0.700. The lowest BCUT2D eigenvalue weighted by atomic mass is 10.0. The Bertz CT molecular complexity index is 271. The summed E-state index contributed by atoms with van der Waals surface area (Å²) in [5.41, 5.74) is 5.70. The molecule has 0 aromatic carbocycles. The SMILES string of the molecule is CC#CCNCC1(CC(N)=NO)CC1. The molecule has 0 atom stereocenters. The molecule has 1 rings (SSSR count). The third-order valence-corrected chi connectivity index (χ3v) is 2.53. The van der Waals surface area contributed by atoms with Crippen LogP contribution in [0.4, 0.5) is 0 Å². The predicted molar refractivity (Wildman–Crippen MR) is 56.0 cm³/mol. The summed E-state index contributed by atoms with van der Waals surface area (Å²) >= 11 is 0. The van der Waals surface area contributed by atoms with Gasteiger partial charge in [-0.2, -0.15) is 0 Å². The second kappa shape index (κ2) is 4.87. The highest BCUT2D eigenvalue weighted by atomic mass is 16.4. The second-order valence-electron chi connectivity index (χ2n) is 3.80. The van der Waals surface area contributed by atoms with E-state index < -0.39 is 0 Å². The summed E-state index contributed by atoms with van der Waals surface area (Å²) in [6.45, 7) is 3.44. The van der Waals surface area contributed by atoms with Crippen molar-refractivity contribution in [2.75, 3.05) is 13.1 Å². The van der Waals surface area contributed by atoms with E-state index in [0.717, 1.165) is 19.4 Å². The van der Waals surface area contributed by atoms with Gasteiger partial charge >= 0.3 is 0 Å². The van der Waals surface area contributed by atoms with Gasteiger partial charge in [0.25, 0.3) is 0 Å². The lowest BCUT2D eigenvalue weighted by molar-refractivity contribution is 0.314. The Balaban J connectivity index is 2.24. The van der Waals surface area contributed by atoms with E-state index in [4.69, 9.17) is 10.9 Å². The molecule has 0 aliphatic heterocycles. The number of rotatable bonds is 5. The van der Waals surface area contributed by atoms with Gasteiger partial charge < -0.3 is 16.3 Å². The van der Waals surface area contributed by atoms with Crippen molar-refractivity contribution in [2.24, 2.45) is 16.3 Å². The Morgan fingerprint density at radius 3 is 2.86 bits per heavy atom. The molecule has 0 saturated heterocycles. The summed E-state index contributed by atoms with van der Waals surface area (Å²) in [5.74, 6) is 6.09. The molecule has 1 saturated carbocycles. The largest absolute Gasteiger partial charge is 0.409 e. The molecule has 0 spiro atoms. The van der Waals surface area contributed by atoms with Gasteiger partial charge in [0.2, 0.25) is 0 Å². The molecule has 0 bridgehead atoms. The first-order valence-electron chi connectivity index (χ1n) is 4.79. The van der Waals surface area contributed by atoms with Gasteiger partial charge in [0.1, 0.15) is 5.84 Å². The van der Waals surface area contributed by atoms with Crippen LogP contribution in [0.3, 0.4) is 0 Å². The van der Waals surface area contributed by atoms with Gasteiger partial charge in [-0.1, -0.05) is 11.1 Å². The highest BCUT2D eigenvalue weighted by molar-refractivity contribution is 5.80. The summed E-state index contributed by atoms with van der Waals surface area (Å²) in [6, 6.07) is 0. The molecule has 4 nitrogen and oxygen atoms in total. The van der Waals surface area contributed by atoms with Gasteiger partial charge in [0.15, 0.2) is 0 Å². The van der Waals surface area contributed by atoms with Crippen LogP contribution >= 0.6 is 0 Å². The minimum Gasteiger partial charge on any atom is -0.409 e. The van der Waals surface area contributed by atoms with Gasteiger partial charge in [-0.15, -0.1) is 5.92 Å². The van der Waals surface area contributed by atoms with E-state index in [-0.39, 0.29) is 5.41 Å². The van der Waals surface area contributed by atoms with Gasteiger partial charge in [-0.25, -0.2) is 0 Å². The van der Waals surface area contributed by atoms with Crippen LogP contribution in [0, 0.1) is 17.3 Å². The quantitative estimate of drug-likeness (QED) is 0.149. The summed E-state index contributed by atoms with van der Waals surface area (Å²) < 4.78 is 0. The van der Waals surface area contributed by atoms with Crippen LogP contribution < -0.4 is 11.1 Å². The van der Waals surface area contributed by atoms with Gasteiger partial charge in [-0.05, 0) is 25.2 Å². The average Bonchev–Trinajstić information content (AvgIpc) is 2.93. The van der Waals surface area contributed by atoms with Crippen molar-refractivity contribution in [3.63, 3.8) is 0 Å². The van der Waals surface area contributed by atoms with E-state index in [9.17, 15) is 0 Å². The van der Waals surface area contributed by atoms with Gasteiger partial charge in [-0.3, -0.25) is 0 Å². The summed E-state index contributed by atoms with van der Waals surface area (Å²) in [5, 5.41) is 14.7. The van der Waals surface area contributed by atoms with Gasteiger partial charge in [0.05, 0.1) is 6.54 Å². The van der Waals surface area contributed by atoms with Crippen LogP contribution in [0.15, 0.2) is 5.16 Å². The van der Waals surface area contributed by atoms with Crippen LogP contribution in [0.5, 0.6) is 0 Å². The van der Waals surface area contributed by atoms with Crippen LogP contribution in [-0.4, -0.2) is 24.1 Å². The molecule has 0 heterocycles. The summed E-state index contributed by atoms with van der Waals surface area (Å²) in [6.07, 6.45) is 2.97. The topological polar surface area (TPSA) is 70.6 Å². The van der Waals surface area contributed by atoms with Crippen LogP contribution in [0.25, 0.3) is 0 Å². The number of hydrogen-bond acceptors (Lipinski definition) is 3. The number of nitrogens with two attached hydrogens (primary N) is 1. The maximum Gasteiger partial charge on any atom is 0.139 e. The Hall–Kier alpha value is -1.21. The van der Waals surface area contributed by atoms with E-state index in [1.54, 1.807) is 0 Å². The first-order chi connectivity index (χ1) is 6.72. The highest BCUT2D eigenvalue weighted by Gasteiger charge is 2.42. The average molecular weight is 195 g/mol. The fourth-order valence-corrected chi connectivity index (χ4v) is 1.49. The van der Waals surface area contributed by atoms with E-state index in [1.807, 2.05) is 6.92 Å². The molecule has 0 unspecified atom stereocenters. The lowest BCUT2D eigenvalue weighted by Gasteiger charge is -2.13. The van der Waals surface area contributed by atoms with Crippen molar-refractivity contribution in [3.05, 3.63) is 0 Å². The van der Waals surface area contributed by atoms with Gasteiger partial charge in [0, 0.05) is 13.0 Å². The zero-order chi connectivity index (χ0) is 10.4. The molecule has 1 aliphatic carbocycles. The standard InChI is InChI=1S/C10H17N3O/c1-2-3-6-12-8-10(4-5-10)7-9(11)13-14/h12,14H,4-8H2,1H3,(H2,11,13). The van der Waals surface area contributed by atoms with Crippen LogP contribution in [-0.2, 0) is 0 Å². The Labute approximate surface area is 84.6 Å². The lowest BCUT2D eigenvalue weighted by Crippen LogP contribution is -2.28. The first-order valence-corrected chi connectivity index (χ1v) is 4.79. The minimum atomic E-state index is 0.228. The minimum absolute atomic E-state index is 0.228. The van der Waals surface area contributed by atoms with E-state index in [1.165, 1.54) is 0 Å². The normalized spacial score (nSPS) is 18.5. The smallest absolute Gasteiger partial charge is 0.139 e. The molecule has 0 aromatic rings. The fourth-order valence-electron chi connectivity index (χ4n) is 1.49. The zero-order valence-electron chi connectivity index (χ0n) is 8.51. The Kier molecular flexibility index (Phi) is 3.78. The molecule has 4 heteroatoms. The predicted octanol–water partition coefficient (Wildman–Crippen LogP) is 0.516. The van der Waals surface area contributed by atoms with Crippen LogP contribution in [0.1, 0.15) is 26.2 Å². The maximum absolute atomic E-state index is 8.46. The number of nitrogens with one attached hydrogen (secondary N) is 1. The number of oxime groups is 1. The molecular weight excluding hydrogens is 178 g/mol. The molecule has 0 radical (unpaired) electrons. The molecule has 14 heavy (non-hydrogen) atoms. The summed E-state index contributed by atoms with van der Waals surface area (Å²) in [7, 11) is 0. The molecule has 0 amide bonds. The maximum atomic E-state index is 8.46. The molecule has 4 N–H and O–H groups in total. The molecule has 1 aliphatic rings. The first kappa shape index (κ1) is 10.9. The number of hydrogen-bond donors (Lipinski definition) is 3. The number of amidine groups is 1. The highest BCUT2D eigenvalue weighted by Crippen LogP contribution is 2.48. The zero-order valence-corrected chi connectivity index (χ0v) is 8.51. The van der Waals surface area contributed by atoms with Crippen molar-refractivity contribution in [1.82, 2.24) is 5.32 Å². The Morgan fingerprint density at radius 1 is 1.64 bits per heavy atom. The molecule has 78 valence electrons. The third-order valence-electron chi connectivity index (χ3n) is 2.53. The Morgan fingerprint density at radius 2 is 2.36 bits per heavy atom. The van der Waals surface area contributed by atoms with E-state index >= 15 is 0 Å². The second-order valence-corrected chi connectivity index (χ2v) is 3.80. The van der Waals surface area contributed by atoms with Crippen molar-refractivity contribution in [2.45, 2.75) is 26.2 Å². The molecule has 0 aromatic heterocycles. The van der Waals surface area contributed by atoms with Crippen molar-refractivity contribution >= 4 is 5.84 Å². The van der Waals surface area contributed by atoms with Crippen LogP contribution in [0.2, 0.25) is 0 Å². The molecule has 1 fully saturated rings. The van der Waals surface area contributed by atoms with Crippen molar-refractivity contribution in [1.29, 1.82) is 0 Å². The van der Waals surface area contributed by atoms with E-state index in [2.05, 4.69) is 22.3 Å². The number of nitrogens with zero attached hydrogens (tertiary/aromatic N) is 1. The van der Waals surface area contributed by atoms with Crippen molar-refractivity contribution in [3.8, 4) is 11.8 Å². The third kappa shape index (κ3) is 3.27.